The van der Waals surface area contributed by atoms with Gasteiger partial charge < -0.3 is 19.9 Å². The van der Waals surface area contributed by atoms with Crippen molar-refractivity contribution in [3.8, 4) is 22.9 Å². The van der Waals surface area contributed by atoms with E-state index in [0.717, 1.165) is 37.7 Å². The zero-order chi connectivity index (χ0) is 31.9. The highest BCUT2D eigenvalue weighted by atomic mass is 33.1. The van der Waals surface area contributed by atoms with Crippen molar-refractivity contribution < 1.29 is 18.9 Å². The third kappa shape index (κ3) is 7.15. The van der Waals surface area contributed by atoms with Crippen LogP contribution in [0, 0.1) is 20.0 Å². The minimum atomic E-state index is 0.0386. The van der Waals surface area contributed by atoms with Crippen LogP contribution in [0.2, 0.25) is 0 Å². The lowest BCUT2D eigenvalue weighted by atomic mass is 10.3. The van der Waals surface area contributed by atoms with Crippen LogP contribution in [0.1, 0.15) is 0 Å². The maximum atomic E-state index is 13.0. The van der Waals surface area contributed by atoms with E-state index in [2.05, 4.69) is 41.4 Å². The summed E-state index contributed by atoms with van der Waals surface area (Å²) in [6.07, 6.45) is 1.17. The highest BCUT2D eigenvalue weighted by Gasteiger charge is 2.14. The number of nitrogens with one attached hydrogen (secondary N) is 3. The fourth-order valence-electron chi connectivity index (χ4n) is 3.81. The molecule has 0 radical (unpaired) electrons. The summed E-state index contributed by atoms with van der Waals surface area (Å²) >= 11 is 10.2. The number of hydrogen-bond donors (Lipinski definition) is 3. The van der Waals surface area contributed by atoms with Gasteiger partial charge in [-0.1, -0.05) is 20.6 Å². The van der Waals surface area contributed by atoms with Gasteiger partial charge in [0.25, 0.3) is 12.2 Å². The Morgan fingerprint density at radius 3 is 1.93 bits per heavy atom. The Morgan fingerprint density at radius 2 is 1.35 bits per heavy atom. The Kier molecular flexibility index (Phi) is 9.48. The maximum absolute atomic E-state index is 13.0. The number of nitrogens with zero attached hydrogens (tertiary/aromatic N) is 9. The van der Waals surface area contributed by atoms with Gasteiger partial charge in [0.15, 0.2) is 10.1 Å². The topological polar surface area (TPSA) is 190 Å². The summed E-state index contributed by atoms with van der Waals surface area (Å²) < 4.78 is 16.3. The van der Waals surface area contributed by atoms with Crippen molar-refractivity contribution in [2.24, 2.45) is 4.99 Å². The van der Waals surface area contributed by atoms with Gasteiger partial charge in [0, 0.05) is 12.1 Å². The average Bonchev–Trinajstić information content (AvgIpc) is 3.71. The molecule has 0 aliphatic heterocycles. The third-order valence-corrected chi connectivity index (χ3v) is 8.85. The zero-order valence-corrected chi connectivity index (χ0v) is 26.4. The molecule has 0 atom stereocenters. The van der Waals surface area contributed by atoms with Gasteiger partial charge in [-0.15, -0.1) is 0 Å². The van der Waals surface area contributed by atoms with Crippen LogP contribution in [-0.2, 0) is 0 Å². The third-order valence-electron chi connectivity index (χ3n) is 6.02. The molecule has 4 heterocycles. The smallest absolute Gasteiger partial charge is 0.330 e. The predicted octanol–water partition coefficient (Wildman–Crippen LogP) is 4.22. The van der Waals surface area contributed by atoms with E-state index < -0.39 is 0 Å². The minimum absolute atomic E-state index is 0.0386. The van der Waals surface area contributed by atoms with Gasteiger partial charge in [0.1, 0.15) is 11.5 Å². The summed E-state index contributed by atoms with van der Waals surface area (Å²) in [6, 6.07) is 23.9. The first-order valence-electron chi connectivity index (χ1n) is 13.0. The van der Waals surface area contributed by atoms with Crippen LogP contribution in [0.25, 0.3) is 11.4 Å². The number of pyridine rings is 2. The van der Waals surface area contributed by atoms with E-state index in [4.69, 9.17) is 33.9 Å². The number of hydrogen-bond acceptors (Lipinski definition) is 14. The molecule has 20 heteroatoms. The number of ether oxygens (including phenoxy) is 2. The highest BCUT2D eigenvalue weighted by Crippen LogP contribution is 2.34. The summed E-state index contributed by atoms with van der Waals surface area (Å²) in [5.41, 5.74) is 1.48. The van der Waals surface area contributed by atoms with Crippen molar-refractivity contribution in [1.82, 2.24) is 40.4 Å². The Hall–Kier alpha value is -5.31. The first kappa shape index (κ1) is 30.7. The van der Waals surface area contributed by atoms with Crippen molar-refractivity contribution >= 4 is 64.1 Å². The summed E-state index contributed by atoms with van der Waals surface area (Å²) in [4.78, 5) is 4.14. The molecule has 2 aromatic carbocycles. The van der Waals surface area contributed by atoms with Crippen LogP contribution in [0.3, 0.4) is 0 Å². The molecule has 4 aromatic heterocycles. The number of tetrazole rings is 2. The molecule has 16 nitrogen and oxygen atoms in total. The van der Waals surface area contributed by atoms with Crippen LogP contribution in [0.15, 0.2) is 100.0 Å². The number of benzene rings is 2. The van der Waals surface area contributed by atoms with Gasteiger partial charge >= 0.3 is 5.82 Å². The number of rotatable bonds is 12. The summed E-state index contributed by atoms with van der Waals surface area (Å²) in [7, 11) is 2.25. The SMILES string of the molecule is [O-][n+]1c(N=COc2ccc(-n3[nH]nnc3=S)cc2)cccc1SSc1cccc(NCOc2ccc(-n3[nH]nnc3=S)cc2)[n+]1[O-]. The van der Waals surface area contributed by atoms with E-state index in [1.54, 1.807) is 89.6 Å². The van der Waals surface area contributed by atoms with Crippen molar-refractivity contribution in [2.75, 3.05) is 12.0 Å². The van der Waals surface area contributed by atoms with Crippen LogP contribution in [0.4, 0.5) is 11.6 Å². The Balaban J connectivity index is 1.03. The molecule has 3 N–H and O–H groups in total. The molecule has 0 saturated carbocycles. The molecule has 6 rings (SSSR count). The van der Waals surface area contributed by atoms with E-state index >= 15 is 0 Å². The maximum Gasteiger partial charge on any atom is 0.330 e. The largest absolute Gasteiger partial charge is 0.710 e. The lowest BCUT2D eigenvalue weighted by molar-refractivity contribution is -0.632. The lowest BCUT2D eigenvalue weighted by Crippen LogP contribution is -2.34. The fourth-order valence-corrected chi connectivity index (χ4v) is 6.20. The molecule has 0 bridgehead atoms. The molecule has 232 valence electrons. The van der Waals surface area contributed by atoms with Crippen LogP contribution in [0.5, 0.6) is 11.5 Å². The summed E-state index contributed by atoms with van der Waals surface area (Å²) in [5, 5.41) is 49.7. The van der Waals surface area contributed by atoms with Crippen molar-refractivity contribution in [3.63, 3.8) is 0 Å². The Morgan fingerprint density at radius 1 is 0.783 bits per heavy atom. The lowest BCUT2D eigenvalue weighted by Gasteiger charge is -2.14. The van der Waals surface area contributed by atoms with Crippen LogP contribution >= 0.6 is 46.0 Å². The van der Waals surface area contributed by atoms with Gasteiger partial charge in [-0.25, -0.2) is 24.1 Å². The van der Waals surface area contributed by atoms with Gasteiger partial charge in [0.2, 0.25) is 16.3 Å². The second-order valence-corrected chi connectivity index (χ2v) is 11.8. The van der Waals surface area contributed by atoms with E-state index in [9.17, 15) is 10.4 Å². The van der Waals surface area contributed by atoms with Crippen LogP contribution < -0.4 is 24.3 Å². The molecule has 0 unspecified atom stereocenters. The number of H-pyrrole nitrogens is 2. The molecule has 0 aliphatic carbocycles. The normalized spacial score (nSPS) is 11.1. The van der Waals surface area contributed by atoms with E-state index in [1.165, 1.54) is 11.1 Å². The van der Waals surface area contributed by atoms with E-state index in [-0.39, 0.29) is 18.4 Å². The number of anilines is 1. The summed E-state index contributed by atoms with van der Waals surface area (Å²) in [6.45, 7) is 0.0386. The molecule has 0 fully saturated rings. The molecule has 0 spiro atoms. The number of aromatic nitrogens is 10. The number of aromatic amines is 2. The van der Waals surface area contributed by atoms with E-state index in [1.807, 2.05) is 0 Å². The quantitative estimate of drug-likeness (QED) is 0.0315. The van der Waals surface area contributed by atoms with Gasteiger partial charge in [-0.2, -0.15) is 10.4 Å². The molecule has 6 aromatic rings. The van der Waals surface area contributed by atoms with E-state index in [0.29, 0.717) is 35.8 Å². The second kappa shape index (κ2) is 14.2. The van der Waals surface area contributed by atoms with Gasteiger partial charge in [0.05, 0.1) is 11.4 Å². The fraction of sp³-hybridized carbons (Fsp3) is 0.0385. The van der Waals surface area contributed by atoms with Crippen molar-refractivity contribution in [3.05, 3.63) is 105 Å². The summed E-state index contributed by atoms with van der Waals surface area (Å²) in [5.74, 6) is 1.46. The van der Waals surface area contributed by atoms with Gasteiger partial charge in [-0.05, 0) is 124 Å². The molecule has 0 amide bonds. The van der Waals surface area contributed by atoms with Crippen LogP contribution in [-0.4, -0.2) is 53.5 Å². The number of aliphatic imine (C=N–C) groups is 1. The predicted molar refractivity (Wildman–Crippen MR) is 174 cm³/mol. The highest BCUT2D eigenvalue weighted by molar-refractivity contribution is 8.76. The molecular weight excluding hydrogens is 673 g/mol. The standard InChI is InChI=1S/C26H20N12O4S4/c39-37-21(27-15-41-19-11-7-17(8-12-19)35-25(43)29-31-33-35)3-1-5-23(37)45-46-24-6-2-4-22(38(24)40)28-16-42-20-13-9-18(10-14-20)36-26(44)30-32-34-36/h1-15,28H,16H2,(H,29,33,43)(H,30,34,44). The Labute approximate surface area is 277 Å². The molecule has 0 aliphatic rings. The minimum Gasteiger partial charge on any atom is -0.710 e. The average molecular weight is 693 g/mol. The van der Waals surface area contributed by atoms with Gasteiger partial charge in [-0.3, -0.25) is 0 Å². The molecule has 46 heavy (non-hydrogen) atoms. The molecule has 0 saturated heterocycles. The second-order valence-electron chi connectivity index (χ2n) is 8.87. The monoisotopic (exact) mass is 692 g/mol. The zero-order valence-electron chi connectivity index (χ0n) is 23.2. The first-order chi connectivity index (χ1) is 22.5. The molecular formula is C26H20N12O4S4. The first-order valence-corrected chi connectivity index (χ1v) is 16.0. The van der Waals surface area contributed by atoms with Crippen molar-refractivity contribution in [2.45, 2.75) is 10.1 Å². The Bertz CT molecular complexity index is 2100. The van der Waals surface area contributed by atoms with Crippen molar-refractivity contribution in [1.29, 1.82) is 0 Å².